The molecule has 7 atom stereocenters. The highest BCUT2D eigenvalue weighted by Crippen LogP contribution is 2.23. The predicted molar refractivity (Wildman–Crippen MR) is 276 cm³/mol. The van der Waals surface area contributed by atoms with E-state index in [4.69, 9.17) is 9.47 Å². The van der Waals surface area contributed by atoms with Gasteiger partial charge in [0.2, 0.25) is 5.91 Å². The monoisotopic (exact) mass is 930 g/mol. The van der Waals surface area contributed by atoms with Gasteiger partial charge in [-0.3, -0.25) is 4.79 Å². The van der Waals surface area contributed by atoms with Crippen LogP contribution in [-0.2, 0) is 14.3 Å². The third kappa shape index (κ3) is 36.0. The van der Waals surface area contributed by atoms with Crippen molar-refractivity contribution in [3.05, 3.63) is 60.8 Å². The summed E-state index contributed by atoms with van der Waals surface area (Å²) in [4.78, 5) is 13.0. The van der Waals surface area contributed by atoms with E-state index in [2.05, 4.69) is 79.9 Å². The maximum atomic E-state index is 13.0. The first kappa shape index (κ1) is 61.9. The molecule has 0 aromatic heterocycles. The van der Waals surface area contributed by atoms with Gasteiger partial charge in [-0.25, -0.2) is 0 Å². The SMILES string of the molecule is CC/C=C\C/C=C\C/C=C\C/C=C\C/C=C\CCCCCCCCCCCCCCCCCCCCCC(=O)NC(COC1OC(CO)C(O)C(O)C1O)C(O)CCCCCCCCCC. The van der Waals surface area contributed by atoms with Crippen molar-refractivity contribution in [2.75, 3.05) is 13.2 Å². The fourth-order valence-electron chi connectivity index (χ4n) is 8.54. The Balaban J connectivity index is 2.04. The Morgan fingerprint density at radius 1 is 0.530 bits per heavy atom. The number of unbranched alkanes of at least 4 members (excludes halogenated alkanes) is 26. The smallest absolute Gasteiger partial charge is 0.220 e. The second kappa shape index (κ2) is 46.6. The van der Waals surface area contributed by atoms with Crippen LogP contribution < -0.4 is 5.32 Å². The highest BCUT2D eigenvalue weighted by molar-refractivity contribution is 5.76. The standard InChI is InChI=1S/C57H103NO8/c1-3-5-7-9-11-13-14-15-16-17-18-19-20-21-22-23-24-25-26-27-28-29-30-31-32-33-34-35-36-37-38-39-41-43-45-47-53(61)58-50(51(60)46-44-42-40-12-10-8-6-4-2)49-65-57-56(64)55(63)54(62)52(48-59)66-57/h5,7,11,13,15-16,18-19,21-22,50-52,54-57,59-60,62-64H,3-4,6,8-10,12,14,17,20,23-49H2,1-2H3,(H,58,61)/b7-5-,13-11-,16-15-,19-18-,22-21-. The van der Waals surface area contributed by atoms with E-state index in [0.29, 0.717) is 12.8 Å². The first-order chi connectivity index (χ1) is 32.3. The topological polar surface area (TPSA) is 149 Å². The highest BCUT2D eigenvalue weighted by Gasteiger charge is 2.44. The van der Waals surface area contributed by atoms with E-state index < -0.39 is 49.5 Å². The van der Waals surface area contributed by atoms with E-state index >= 15 is 0 Å². The van der Waals surface area contributed by atoms with Crippen LogP contribution in [-0.4, -0.2) is 87.5 Å². The Hall–Kier alpha value is -2.11. The molecule has 0 aromatic rings. The van der Waals surface area contributed by atoms with Crippen molar-refractivity contribution in [1.82, 2.24) is 5.32 Å². The molecule has 0 aliphatic carbocycles. The second-order valence-corrected chi connectivity index (χ2v) is 19.0. The Labute approximate surface area is 405 Å². The van der Waals surface area contributed by atoms with Crippen LogP contribution in [0.3, 0.4) is 0 Å². The van der Waals surface area contributed by atoms with Gasteiger partial charge in [0.25, 0.3) is 0 Å². The van der Waals surface area contributed by atoms with E-state index in [0.717, 1.165) is 70.6 Å². The van der Waals surface area contributed by atoms with Gasteiger partial charge in [-0.15, -0.1) is 0 Å². The minimum Gasteiger partial charge on any atom is -0.394 e. The molecule has 9 nitrogen and oxygen atoms in total. The molecule has 1 saturated heterocycles. The zero-order valence-electron chi connectivity index (χ0n) is 42.4. The molecular weight excluding hydrogens is 827 g/mol. The molecule has 1 aliphatic rings. The summed E-state index contributed by atoms with van der Waals surface area (Å²) >= 11 is 0. The molecule has 0 aromatic carbocycles. The molecule has 66 heavy (non-hydrogen) atoms. The summed E-state index contributed by atoms with van der Waals surface area (Å²) < 4.78 is 11.2. The fraction of sp³-hybridized carbons (Fsp3) is 0.807. The lowest BCUT2D eigenvalue weighted by molar-refractivity contribution is -0.302. The third-order valence-corrected chi connectivity index (χ3v) is 12.9. The van der Waals surface area contributed by atoms with Gasteiger partial charge in [-0.2, -0.15) is 0 Å². The number of rotatable bonds is 46. The average Bonchev–Trinajstić information content (AvgIpc) is 3.32. The molecule has 384 valence electrons. The number of hydrogen-bond acceptors (Lipinski definition) is 8. The highest BCUT2D eigenvalue weighted by atomic mass is 16.7. The molecule has 7 unspecified atom stereocenters. The van der Waals surface area contributed by atoms with Gasteiger partial charge in [0.05, 0.1) is 25.4 Å². The first-order valence-electron chi connectivity index (χ1n) is 27.5. The van der Waals surface area contributed by atoms with E-state index in [-0.39, 0.29) is 12.5 Å². The average molecular weight is 930 g/mol. The minimum atomic E-state index is -1.55. The van der Waals surface area contributed by atoms with Gasteiger partial charge in [0.1, 0.15) is 24.4 Å². The summed E-state index contributed by atoms with van der Waals surface area (Å²) in [6, 6.07) is -0.716. The summed E-state index contributed by atoms with van der Waals surface area (Å²) in [7, 11) is 0. The van der Waals surface area contributed by atoms with Gasteiger partial charge < -0.3 is 40.3 Å². The van der Waals surface area contributed by atoms with Crippen molar-refractivity contribution in [3.8, 4) is 0 Å². The number of aliphatic hydroxyl groups excluding tert-OH is 5. The van der Waals surface area contributed by atoms with Crippen LogP contribution in [0.25, 0.3) is 0 Å². The van der Waals surface area contributed by atoms with Crippen molar-refractivity contribution in [1.29, 1.82) is 0 Å². The van der Waals surface area contributed by atoms with Gasteiger partial charge in [0, 0.05) is 6.42 Å². The molecule has 6 N–H and O–H groups in total. The number of amides is 1. The number of aliphatic hydroxyl groups is 5. The van der Waals surface area contributed by atoms with Crippen molar-refractivity contribution in [2.24, 2.45) is 0 Å². The molecule has 0 bridgehead atoms. The Kier molecular flexibility index (Phi) is 43.7. The van der Waals surface area contributed by atoms with Crippen LogP contribution in [0.4, 0.5) is 0 Å². The van der Waals surface area contributed by atoms with Gasteiger partial charge >= 0.3 is 0 Å². The van der Waals surface area contributed by atoms with E-state index in [1.54, 1.807) is 0 Å². The van der Waals surface area contributed by atoms with E-state index in [9.17, 15) is 30.3 Å². The maximum absolute atomic E-state index is 13.0. The molecule has 1 amide bonds. The molecule has 1 aliphatic heterocycles. The third-order valence-electron chi connectivity index (χ3n) is 12.9. The second-order valence-electron chi connectivity index (χ2n) is 19.0. The number of nitrogens with one attached hydrogen (secondary N) is 1. The number of carbonyl (C=O) groups is 1. The molecule has 1 rings (SSSR count). The normalized spacial score (nSPS) is 20.3. The Morgan fingerprint density at radius 3 is 1.39 bits per heavy atom. The van der Waals surface area contributed by atoms with Crippen LogP contribution in [0, 0.1) is 0 Å². The number of ether oxygens (including phenoxy) is 2. The number of allylic oxidation sites excluding steroid dienone is 10. The van der Waals surface area contributed by atoms with Gasteiger partial charge in [-0.05, 0) is 57.8 Å². The Bertz CT molecular complexity index is 1220. The zero-order valence-corrected chi connectivity index (χ0v) is 42.4. The summed E-state index contributed by atoms with van der Waals surface area (Å²) in [5.74, 6) is -0.146. The number of hydrogen-bond donors (Lipinski definition) is 6. The quantitative estimate of drug-likeness (QED) is 0.0261. The van der Waals surface area contributed by atoms with Crippen LogP contribution in [0.5, 0.6) is 0 Å². The molecule has 0 spiro atoms. The summed E-state index contributed by atoms with van der Waals surface area (Å²) in [6.07, 6.45) is 55.7. The van der Waals surface area contributed by atoms with Gasteiger partial charge in [-0.1, -0.05) is 235 Å². The zero-order chi connectivity index (χ0) is 48.0. The summed E-state index contributed by atoms with van der Waals surface area (Å²) in [6.45, 7) is 3.69. The lowest BCUT2D eigenvalue weighted by atomic mass is 9.99. The molecule has 1 fully saturated rings. The van der Waals surface area contributed by atoms with Crippen molar-refractivity contribution in [3.63, 3.8) is 0 Å². The number of carbonyl (C=O) groups excluding carboxylic acids is 1. The minimum absolute atomic E-state index is 0.138. The lowest BCUT2D eigenvalue weighted by Crippen LogP contribution is -2.60. The van der Waals surface area contributed by atoms with E-state index in [1.165, 1.54) is 141 Å². The largest absolute Gasteiger partial charge is 0.394 e. The van der Waals surface area contributed by atoms with E-state index in [1.807, 2.05) is 0 Å². The van der Waals surface area contributed by atoms with Crippen LogP contribution in [0.2, 0.25) is 0 Å². The first-order valence-corrected chi connectivity index (χ1v) is 27.5. The molecule has 9 heteroatoms. The molecular formula is C57H103NO8. The molecule has 0 radical (unpaired) electrons. The lowest BCUT2D eigenvalue weighted by Gasteiger charge is -2.40. The molecule has 0 saturated carbocycles. The van der Waals surface area contributed by atoms with Crippen molar-refractivity contribution < 1.29 is 39.8 Å². The van der Waals surface area contributed by atoms with Crippen LogP contribution >= 0.6 is 0 Å². The summed E-state index contributed by atoms with van der Waals surface area (Å²) in [5.41, 5.74) is 0. The van der Waals surface area contributed by atoms with Crippen LogP contribution in [0.15, 0.2) is 60.8 Å². The van der Waals surface area contributed by atoms with Crippen molar-refractivity contribution in [2.45, 2.75) is 281 Å². The van der Waals surface area contributed by atoms with Gasteiger partial charge in [0.15, 0.2) is 6.29 Å². The fourth-order valence-corrected chi connectivity index (χ4v) is 8.54. The Morgan fingerprint density at radius 2 is 0.939 bits per heavy atom. The van der Waals surface area contributed by atoms with Crippen molar-refractivity contribution >= 4 is 5.91 Å². The summed E-state index contributed by atoms with van der Waals surface area (Å²) in [5, 5.41) is 54.3. The van der Waals surface area contributed by atoms with Crippen LogP contribution in [0.1, 0.15) is 239 Å². The maximum Gasteiger partial charge on any atom is 0.220 e. The molecule has 1 heterocycles. The predicted octanol–water partition coefficient (Wildman–Crippen LogP) is 13.1.